The summed E-state index contributed by atoms with van der Waals surface area (Å²) in [4.78, 5) is 4.41. The first-order valence-electron chi connectivity index (χ1n) is 14.0. The lowest BCUT2D eigenvalue weighted by atomic mass is 10.1. The van der Waals surface area contributed by atoms with Crippen LogP contribution in [0.4, 0.5) is 0 Å². The molecule has 1 aliphatic rings. The lowest BCUT2D eigenvalue weighted by molar-refractivity contribution is -0.149. The van der Waals surface area contributed by atoms with Crippen LogP contribution in [0, 0.1) is 0 Å². The van der Waals surface area contributed by atoms with E-state index in [4.69, 9.17) is 18.9 Å². The molecule has 43 heavy (non-hydrogen) atoms. The Morgan fingerprint density at radius 2 is 1.26 bits per heavy atom. The fourth-order valence-electron chi connectivity index (χ4n) is 4.78. The first kappa shape index (κ1) is 29.2. The van der Waals surface area contributed by atoms with Crippen LogP contribution in [0.1, 0.15) is 16.7 Å². The normalized spacial score (nSPS) is 18.7. The second-order valence-corrected chi connectivity index (χ2v) is 13.2. The Hall–Kier alpha value is -3.86. The highest BCUT2D eigenvalue weighted by Crippen LogP contribution is 2.34. The van der Waals surface area contributed by atoms with Gasteiger partial charge in [-0.3, -0.25) is 0 Å². The smallest absolute Gasteiger partial charge is 0.265 e. The van der Waals surface area contributed by atoms with E-state index in [1.54, 1.807) is 6.07 Å². The number of rotatable bonds is 12. The topological polar surface area (TPSA) is 84.0 Å². The first-order valence-corrected chi connectivity index (χ1v) is 16.3. The van der Waals surface area contributed by atoms with Crippen molar-refractivity contribution in [1.82, 2.24) is 4.98 Å². The van der Waals surface area contributed by atoms with Crippen molar-refractivity contribution in [3.63, 3.8) is 0 Å². The lowest BCUT2D eigenvalue weighted by Crippen LogP contribution is -2.48. The van der Waals surface area contributed by atoms with Crippen LogP contribution in [-0.4, -0.2) is 38.3 Å². The molecule has 0 bridgehead atoms. The van der Waals surface area contributed by atoms with Gasteiger partial charge in [0, 0.05) is 6.08 Å². The quantitative estimate of drug-likeness (QED) is 0.155. The van der Waals surface area contributed by atoms with Crippen molar-refractivity contribution in [2.45, 2.75) is 42.5 Å². The van der Waals surface area contributed by atoms with Gasteiger partial charge in [-0.1, -0.05) is 103 Å². The summed E-state index contributed by atoms with van der Waals surface area (Å²) in [6, 6.07) is 36.6. The highest BCUT2D eigenvalue weighted by Gasteiger charge is 2.42. The molecule has 7 nitrogen and oxygen atoms in total. The second kappa shape index (κ2) is 13.6. The van der Waals surface area contributed by atoms with Crippen molar-refractivity contribution in [2.24, 2.45) is 0 Å². The van der Waals surface area contributed by atoms with Gasteiger partial charge < -0.3 is 18.9 Å². The van der Waals surface area contributed by atoms with E-state index in [0.29, 0.717) is 18.7 Å². The lowest BCUT2D eigenvalue weighted by Gasteiger charge is -2.36. The van der Waals surface area contributed by atoms with Crippen molar-refractivity contribution in [1.29, 1.82) is 0 Å². The first-order chi connectivity index (χ1) is 21.1. The molecule has 0 unspecified atom stereocenters. The van der Waals surface area contributed by atoms with E-state index in [2.05, 4.69) is 4.98 Å². The number of aromatic nitrogens is 1. The van der Waals surface area contributed by atoms with Crippen molar-refractivity contribution in [3.8, 4) is 0 Å². The average Bonchev–Trinajstić information content (AvgIpc) is 3.50. The maximum absolute atomic E-state index is 13.9. The molecule has 0 amide bonds. The molecule has 9 heteroatoms. The Balaban J connectivity index is 1.31. The number of para-hydroxylation sites is 1. The standard InChI is InChI=1S/C34H31NO6S2/c36-43(37,34-35-28-18-10-11-19-31(28)42-34)32-20-29(39-22-26-14-6-2-7-15-26)33(40-23-27-16-8-3-9-17-27)30(41-32)24-38-21-25-12-4-1-5-13-25/h1-20,29-30,33H,21-24H2/t29-,30-,33+/m1/s1. The summed E-state index contributed by atoms with van der Waals surface area (Å²) in [5.41, 5.74) is 3.54. The third kappa shape index (κ3) is 7.21. The predicted molar refractivity (Wildman–Crippen MR) is 166 cm³/mol. The van der Waals surface area contributed by atoms with E-state index in [0.717, 1.165) is 32.7 Å². The van der Waals surface area contributed by atoms with Gasteiger partial charge in [-0.25, -0.2) is 13.4 Å². The van der Waals surface area contributed by atoms with E-state index in [9.17, 15) is 8.42 Å². The van der Waals surface area contributed by atoms with Gasteiger partial charge in [-0.15, -0.1) is 11.3 Å². The fourth-order valence-corrected chi connectivity index (χ4v) is 7.38. The summed E-state index contributed by atoms with van der Waals surface area (Å²) in [6.07, 6.45) is -0.637. The Morgan fingerprint density at radius 3 is 1.88 bits per heavy atom. The molecule has 1 aliphatic heterocycles. The molecule has 220 valence electrons. The maximum atomic E-state index is 13.9. The zero-order chi connectivity index (χ0) is 29.5. The largest absolute Gasteiger partial charge is 0.474 e. The Labute approximate surface area is 255 Å². The number of hydrogen-bond donors (Lipinski definition) is 0. The van der Waals surface area contributed by atoms with Gasteiger partial charge in [0.15, 0.2) is 6.10 Å². The summed E-state index contributed by atoms with van der Waals surface area (Å²) in [5.74, 6) is 0. The Kier molecular flexibility index (Phi) is 9.26. The van der Waals surface area contributed by atoms with E-state index < -0.39 is 28.1 Å². The predicted octanol–water partition coefficient (Wildman–Crippen LogP) is 6.70. The van der Waals surface area contributed by atoms with Gasteiger partial charge in [0.2, 0.25) is 9.43 Å². The zero-order valence-electron chi connectivity index (χ0n) is 23.3. The van der Waals surface area contributed by atoms with Gasteiger partial charge in [-0.05, 0) is 28.8 Å². The molecule has 0 radical (unpaired) electrons. The van der Waals surface area contributed by atoms with Gasteiger partial charge >= 0.3 is 0 Å². The number of fused-ring (bicyclic) bond motifs is 1. The number of benzene rings is 4. The van der Waals surface area contributed by atoms with Crippen LogP contribution in [0.15, 0.2) is 131 Å². The number of sulfone groups is 1. The van der Waals surface area contributed by atoms with Crippen LogP contribution < -0.4 is 0 Å². The van der Waals surface area contributed by atoms with Crippen LogP contribution in [0.3, 0.4) is 0 Å². The van der Waals surface area contributed by atoms with Crippen LogP contribution in [0.25, 0.3) is 10.2 Å². The van der Waals surface area contributed by atoms with Crippen LogP contribution >= 0.6 is 11.3 Å². The summed E-state index contributed by atoms with van der Waals surface area (Å²) >= 11 is 1.11. The number of hydrogen-bond acceptors (Lipinski definition) is 8. The summed E-state index contributed by atoms with van der Waals surface area (Å²) in [5, 5.41) is -0.211. The average molecular weight is 614 g/mol. The summed E-state index contributed by atoms with van der Waals surface area (Å²) in [6.45, 7) is 0.986. The molecule has 5 aromatic rings. The van der Waals surface area contributed by atoms with Gasteiger partial charge in [0.05, 0.1) is 36.6 Å². The zero-order valence-corrected chi connectivity index (χ0v) is 25.0. The summed E-state index contributed by atoms with van der Waals surface area (Å²) in [7, 11) is -4.09. The SMILES string of the molecule is O=S(=O)(C1=C[C@@H](OCc2ccccc2)[C@H](OCc2ccccc2)[C@@H](COCc2ccccc2)O1)c1nc2ccccc2s1. The van der Waals surface area contributed by atoms with Gasteiger partial charge in [0.1, 0.15) is 12.2 Å². The molecule has 6 rings (SSSR count). The molecule has 0 spiro atoms. The van der Waals surface area contributed by atoms with Crippen molar-refractivity contribution in [2.75, 3.05) is 6.61 Å². The van der Waals surface area contributed by atoms with Crippen molar-refractivity contribution in [3.05, 3.63) is 143 Å². The number of thiazole rings is 1. The molecule has 0 N–H and O–H groups in total. The summed E-state index contributed by atoms with van der Waals surface area (Å²) < 4.78 is 53.7. The fraction of sp³-hybridized carbons (Fsp3) is 0.206. The van der Waals surface area contributed by atoms with Crippen molar-refractivity contribution < 1.29 is 27.4 Å². The Morgan fingerprint density at radius 1 is 0.698 bits per heavy atom. The molecule has 4 aromatic carbocycles. The molecule has 0 fully saturated rings. The van der Waals surface area contributed by atoms with E-state index in [1.807, 2.05) is 109 Å². The van der Waals surface area contributed by atoms with E-state index >= 15 is 0 Å². The van der Waals surface area contributed by atoms with Gasteiger partial charge in [-0.2, -0.15) is 0 Å². The molecule has 1 aromatic heterocycles. The number of ether oxygens (including phenoxy) is 4. The highest BCUT2D eigenvalue weighted by molar-refractivity contribution is 7.97. The minimum Gasteiger partial charge on any atom is -0.474 e. The van der Waals surface area contributed by atoms with E-state index in [-0.39, 0.29) is 22.6 Å². The van der Waals surface area contributed by atoms with Crippen LogP contribution in [-0.2, 0) is 48.6 Å². The minimum atomic E-state index is -4.09. The molecule has 0 saturated heterocycles. The highest BCUT2D eigenvalue weighted by atomic mass is 32.2. The van der Waals surface area contributed by atoms with Gasteiger partial charge in [0.25, 0.3) is 9.84 Å². The molecule has 2 heterocycles. The number of nitrogens with zero attached hydrogens (tertiary/aromatic N) is 1. The minimum absolute atomic E-state index is 0.0330. The molecule has 3 atom stereocenters. The van der Waals surface area contributed by atoms with Crippen LogP contribution in [0.2, 0.25) is 0 Å². The van der Waals surface area contributed by atoms with Crippen LogP contribution in [0.5, 0.6) is 0 Å². The van der Waals surface area contributed by atoms with Crippen molar-refractivity contribution >= 4 is 31.4 Å². The monoisotopic (exact) mass is 613 g/mol. The second-order valence-electron chi connectivity index (χ2n) is 10.1. The van der Waals surface area contributed by atoms with E-state index in [1.165, 1.54) is 6.08 Å². The molecular formula is C34H31NO6S2. The Bertz CT molecular complexity index is 1730. The molecular weight excluding hydrogens is 583 g/mol. The molecule has 0 saturated carbocycles. The third-order valence-electron chi connectivity index (χ3n) is 6.99. The third-order valence-corrected chi connectivity index (χ3v) is 10.0. The molecule has 0 aliphatic carbocycles. The maximum Gasteiger partial charge on any atom is 0.265 e.